The zero-order chi connectivity index (χ0) is 26.5. The van der Waals surface area contributed by atoms with Crippen LogP contribution in [0.4, 0.5) is 0 Å². The van der Waals surface area contributed by atoms with E-state index in [9.17, 15) is 0 Å². The molecule has 0 aromatic heterocycles. The lowest BCUT2D eigenvalue weighted by atomic mass is 9.95. The second-order valence-electron chi connectivity index (χ2n) is 9.87. The summed E-state index contributed by atoms with van der Waals surface area (Å²) in [7, 11) is 0. The van der Waals surface area contributed by atoms with Crippen LogP contribution in [0, 0.1) is 0 Å². The Kier molecular flexibility index (Phi) is 12.2. The van der Waals surface area contributed by atoms with Crippen LogP contribution in [0.5, 0.6) is 0 Å². The molecule has 0 amide bonds. The lowest BCUT2D eigenvalue weighted by Crippen LogP contribution is -2.63. The summed E-state index contributed by atoms with van der Waals surface area (Å²) in [6, 6.07) is 41.0. The summed E-state index contributed by atoms with van der Waals surface area (Å²) in [5.41, 5.74) is 4.53. The highest BCUT2D eigenvalue weighted by molar-refractivity contribution is 5.85. The van der Waals surface area contributed by atoms with E-state index < -0.39 is 0 Å². The van der Waals surface area contributed by atoms with Gasteiger partial charge < -0.3 is 24.3 Å². The zero-order valence-corrected chi connectivity index (χ0v) is 23.5. The van der Waals surface area contributed by atoms with Gasteiger partial charge in [-0.15, -0.1) is 12.4 Å². The summed E-state index contributed by atoms with van der Waals surface area (Å²) in [6.07, 6.45) is -0.719. The molecule has 4 aromatic rings. The number of benzene rings is 4. The molecule has 40 heavy (non-hydrogen) atoms. The van der Waals surface area contributed by atoms with Crippen LogP contribution in [0.2, 0.25) is 0 Å². The van der Waals surface area contributed by atoms with Crippen molar-refractivity contribution in [3.05, 3.63) is 144 Å². The normalized spacial score (nSPS) is 20.5. The monoisotopic (exact) mass is 559 g/mol. The first-order valence-electron chi connectivity index (χ1n) is 13.7. The van der Waals surface area contributed by atoms with E-state index in [0.29, 0.717) is 39.6 Å². The molecular weight excluding hydrogens is 522 g/mol. The van der Waals surface area contributed by atoms with Gasteiger partial charge in [-0.3, -0.25) is 0 Å². The van der Waals surface area contributed by atoms with Crippen molar-refractivity contribution in [1.82, 2.24) is 5.32 Å². The van der Waals surface area contributed by atoms with Crippen LogP contribution in [-0.2, 0) is 45.4 Å². The van der Waals surface area contributed by atoms with Crippen LogP contribution < -0.4 is 5.32 Å². The predicted molar refractivity (Wildman–Crippen MR) is 160 cm³/mol. The number of hydrogen-bond donors (Lipinski definition) is 1. The Morgan fingerprint density at radius 2 is 0.900 bits per heavy atom. The SMILES string of the molecule is Cl.c1ccc(COCC2NCC(OCc3ccccc3)C(OCc3ccccc3)[C@@H]2OCc2ccccc2)cc1. The molecule has 0 spiro atoms. The smallest absolute Gasteiger partial charge is 0.113 e. The Labute approximate surface area is 243 Å². The molecule has 1 saturated heterocycles. The number of hydrogen-bond acceptors (Lipinski definition) is 5. The molecule has 0 bridgehead atoms. The van der Waals surface area contributed by atoms with Gasteiger partial charge in [0.15, 0.2) is 0 Å². The third-order valence-corrected chi connectivity index (χ3v) is 6.95. The van der Waals surface area contributed by atoms with E-state index in [0.717, 1.165) is 22.3 Å². The number of rotatable bonds is 13. The fraction of sp³-hybridized carbons (Fsp3) is 0.294. The highest BCUT2D eigenvalue weighted by Crippen LogP contribution is 2.24. The molecule has 5 rings (SSSR count). The zero-order valence-electron chi connectivity index (χ0n) is 22.6. The molecule has 5 nitrogen and oxygen atoms in total. The first-order chi connectivity index (χ1) is 19.3. The fourth-order valence-corrected chi connectivity index (χ4v) is 4.85. The lowest BCUT2D eigenvalue weighted by molar-refractivity contribution is -0.181. The van der Waals surface area contributed by atoms with Crippen LogP contribution in [0.3, 0.4) is 0 Å². The summed E-state index contributed by atoms with van der Waals surface area (Å²) in [5, 5.41) is 3.65. The number of halogens is 1. The molecule has 1 N–H and O–H groups in total. The van der Waals surface area contributed by atoms with Crippen LogP contribution in [-0.4, -0.2) is 37.5 Å². The first-order valence-corrected chi connectivity index (χ1v) is 13.7. The minimum absolute atomic E-state index is 0. The Morgan fingerprint density at radius 1 is 0.500 bits per heavy atom. The molecule has 0 radical (unpaired) electrons. The molecule has 4 atom stereocenters. The van der Waals surface area contributed by atoms with Crippen molar-refractivity contribution < 1.29 is 18.9 Å². The summed E-state index contributed by atoms with van der Waals surface area (Å²) >= 11 is 0. The molecule has 1 heterocycles. The standard InChI is InChI=1S/C34H37NO4.ClH/c1-5-13-27(14-6-1)22-36-26-31-33(38-24-29-17-9-3-10-18-29)34(39-25-30-19-11-4-12-20-30)32(21-35-31)37-23-28-15-7-2-8-16-28;/h1-20,31-35H,21-26H2;1H/t31?,32?,33-,34?;/m1./s1. The lowest BCUT2D eigenvalue weighted by Gasteiger charge is -2.43. The fourth-order valence-electron chi connectivity index (χ4n) is 4.85. The topological polar surface area (TPSA) is 49.0 Å². The molecule has 6 heteroatoms. The van der Waals surface area contributed by atoms with E-state index in [2.05, 4.69) is 53.8 Å². The number of piperidine rings is 1. The Hall–Kier alpha value is -3.03. The van der Waals surface area contributed by atoms with Gasteiger partial charge in [-0.1, -0.05) is 121 Å². The Morgan fingerprint density at radius 3 is 1.38 bits per heavy atom. The molecule has 1 fully saturated rings. The minimum Gasteiger partial charge on any atom is -0.375 e. The first kappa shape index (κ1) is 29.9. The maximum Gasteiger partial charge on any atom is 0.113 e. The minimum atomic E-state index is -0.274. The van der Waals surface area contributed by atoms with Crippen molar-refractivity contribution in [1.29, 1.82) is 0 Å². The maximum absolute atomic E-state index is 6.62. The average molecular weight is 560 g/mol. The van der Waals surface area contributed by atoms with Crippen molar-refractivity contribution in [2.24, 2.45) is 0 Å². The maximum atomic E-state index is 6.62. The molecule has 0 saturated carbocycles. The van der Waals surface area contributed by atoms with Gasteiger partial charge in [0, 0.05) is 6.54 Å². The second-order valence-corrected chi connectivity index (χ2v) is 9.87. The molecule has 4 aromatic carbocycles. The van der Waals surface area contributed by atoms with Crippen LogP contribution in [0.15, 0.2) is 121 Å². The molecule has 0 aliphatic carbocycles. The third-order valence-electron chi connectivity index (χ3n) is 6.95. The summed E-state index contributed by atoms with van der Waals surface area (Å²) in [4.78, 5) is 0. The van der Waals surface area contributed by atoms with Gasteiger partial charge in [0.1, 0.15) is 12.2 Å². The third kappa shape index (κ3) is 9.00. The van der Waals surface area contributed by atoms with Gasteiger partial charge in [0.25, 0.3) is 0 Å². The summed E-state index contributed by atoms with van der Waals surface area (Å²) in [6.45, 7) is 3.19. The van der Waals surface area contributed by atoms with Gasteiger partial charge in [0.2, 0.25) is 0 Å². The Balaban J connectivity index is 0.00000370. The predicted octanol–water partition coefficient (Wildman–Crippen LogP) is 6.35. The van der Waals surface area contributed by atoms with E-state index in [-0.39, 0.29) is 36.8 Å². The van der Waals surface area contributed by atoms with Crippen molar-refractivity contribution in [2.75, 3.05) is 13.2 Å². The quantitative estimate of drug-likeness (QED) is 0.207. The largest absolute Gasteiger partial charge is 0.375 e. The van der Waals surface area contributed by atoms with Crippen LogP contribution >= 0.6 is 12.4 Å². The van der Waals surface area contributed by atoms with Crippen LogP contribution in [0.25, 0.3) is 0 Å². The average Bonchev–Trinajstić information content (AvgIpc) is 3.00. The Bertz CT molecular complexity index is 1210. The number of ether oxygens (including phenoxy) is 4. The van der Waals surface area contributed by atoms with E-state index in [4.69, 9.17) is 18.9 Å². The van der Waals surface area contributed by atoms with Crippen molar-refractivity contribution in [2.45, 2.75) is 50.8 Å². The second kappa shape index (κ2) is 16.3. The van der Waals surface area contributed by atoms with Crippen molar-refractivity contribution in [3.8, 4) is 0 Å². The van der Waals surface area contributed by atoms with Gasteiger partial charge >= 0.3 is 0 Å². The number of nitrogens with one attached hydrogen (secondary N) is 1. The summed E-state index contributed by atoms with van der Waals surface area (Å²) < 4.78 is 25.9. The van der Waals surface area contributed by atoms with Crippen molar-refractivity contribution in [3.63, 3.8) is 0 Å². The van der Waals surface area contributed by atoms with Crippen molar-refractivity contribution >= 4 is 12.4 Å². The molecular formula is C34H38ClNO4. The summed E-state index contributed by atoms with van der Waals surface area (Å²) in [5.74, 6) is 0. The van der Waals surface area contributed by atoms with E-state index in [1.807, 2.05) is 72.8 Å². The van der Waals surface area contributed by atoms with Gasteiger partial charge in [-0.2, -0.15) is 0 Å². The molecule has 1 aliphatic rings. The highest BCUT2D eigenvalue weighted by Gasteiger charge is 2.42. The highest BCUT2D eigenvalue weighted by atomic mass is 35.5. The van der Waals surface area contributed by atoms with E-state index in [1.54, 1.807) is 0 Å². The van der Waals surface area contributed by atoms with E-state index >= 15 is 0 Å². The van der Waals surface area contributed by atoms with Gasteiger partial charge in [-0.05, 0) is 22.3 Å². The van der Waals surface area contributed by atoms with E-state index in [1.165, 1.54) is 0 Å². The van der Waals surface area contributed by atoms with Gasteiger partial charge in [0.05, 0.1) is 45.2 Å². The molecule has 3 unspecified atom stereocenters. The molecule has 1 aliphatic heterocycles. The van der Waals surface area contributed by atoms with Crippen LogP contribution in [0.1, 0.15) is 22.3 Å². The molecule has 210 valence electrons. The van der Waals surface area contributed by atoms with Gasteiger partial charge in [-0.25, -0.2) is 0 Å².